The summed E-state index contributed by atoms with van der Waals surface area (Å²) in [5, 5.41) is 10.2. The second-order valence-corrected chi connectivity index (χ2v) is 6.43. The third-order valence-electron chi connectivity index (χ3n) is 3.73. The van der Waals surface area contributed by atoms with E-state index in [1.165, 1.54) is 23.5 Å². The molecule has 3 rings (SSSR count). The van der Waals surface area contributed by atoms with E-state index < -0.39 is 0 Å². The van der Waals surface area contributed by atoms with Gasteiger partial charge in [0, 0.05) is 19.2 Å². The maximum absolute atomic E-state index is 13.0. The van der Waals surface area contributed by atoms with E-state index in [1.807, 2.05) is 7.05 Å². The molecule has 1 heterocycles. The van der Waals surface area contributed by atoms with Crippen LogP contribution in [0.2, 0.25) is 0 Å². The van der Waals surface area contributed by atoms with E-state index in [0.29, 0.717) is 23.0 Å². The van der Waals surface area contributed by atoms with Gasteiger partial charge in [-0.1, -0.05) is 12.1 Å². The molecule has 3 nitrogen and oxygen atoms in total. The van der Waals surface area contributed by atoms with Gasteiger partial charge < -0.3 is 10.6 Å². The highest BCUT2D eigenvalue weighted by Crippen LogP contribution is 2.51. The number of benzene rings is 1. The van der Waals surface area contributed by atoms with Gasteiger partial charge in [0.1, 0.15) is 16.8 Å². The normalized spacial score (nSPS) is 14.0. The zero-order chi connectivity index (χ0) is 15.0. The number of hydrogen-bond donors (Lipinski definition) is 1. The standard InChI is InChI=1S/C16H16FN3S/c1-20(9-10-2-6-12(17)7-3-10)16-14(11-4-5-11)15(19)13(8-18)21-16/h2-3,6-7,11H,4-5,9,19H2,1H3. The molecule has 1 aliphatic carbocycles. The number of anilines is 2. The van der Waals surface area contributed by atoms with E-state index in [0.717, 1.165) is 29.0 Å². The van der Waals surface area contributed by atoms with Crippen LogP contribution in [0.5, 0.6) is 0 Å². The van der Waals surface area contributed by atoms with Gasteiger partial charge in [-0.15, -0.1) is 11.3 Å². The summed E-state index contributed by atoms with van der Waals surface area (Å²) < 4.78 is 13.0. The summed E-state index contributed by atoms with van der Waals surface area (Å²) in [6.45, 7) is 0.671. The molecule has 0 radical (unpaired) electrons. The van der Waals surface area contributed by atoms with Crippen molar-refractivity contribution >= 4 is 22.0 Å². The van der Waals surface area contributed by atoms with E-state index >= 15 is 0 Å². The van der Waals surface area contributed by atoms with Crippen LogP contribution >= 0.6 is 11.3 Å². The van der Waals surface area contributed by atoms with Crippen molar-refractivity contribution in [2.45, 2.75) is 25.3 Å². The highest BCUT2D eigenvalue weighted by molar-refractivity contribution is 7.17. The van der Waals surface area contributed by atoms with Crippen LogP contribution in [0.3, 0.4) is 0 Å². The fourth-order valence-corrected chi connectivity index (χ4v) is 3.58. The number of nitrogen functional groups attached to an aromatic ring is 1. The fourth-order valence-electron chi connectivity index (χ4n) is 2.51. The van der Waals surface area contributed by atoms with Crippen molar-refractivity contribution in [1.82, 2.24) is 0 Å². The van der Waals surface area contributed by atoms with Gasteiger partial charge in [0.15, 0.2) is 0 Å². The van der Waals surface area contributed by atoms with Crippen LogP contribution in [-0.4, -0.2) is 7.05 Å². The maximum Gasteiger partial charge on any atom is 0.130 e. The minimum Gasteiger partial charge on any atom is -0.397 e. The number of nitrogens with two attached hydrogens (primary N) is 1. The van der Waals surface area contributed by atoms with Gasteiger partial charge in [0.05, 0.1) is 10.7 Å². The Morgan fingerprint density at radius 3 is 2.62 bits per heavy atom. The molecule has 21 heavy (non-hydrogen) atoms. The molecule has 1 aromatic heterocycles. The number of rotatable bonds is 4. The number of nitrogens with zero attached hydrogens (tertiary/aromatic N) is 2. The zero-order valence-electron chi connectivity index (χ0n) is 11.8. The first-order valence-corrected chi connectivity index (χ1v) is 7.69. The number of halogens is 1. The molecule has 2 N–H and O–H groups in total. The van der Waals surface area contributed by atoms with Crippen LogP contribution in [-0.2, 0) is 6.54 Å². The SMILES string of the molecule is CN(Cc1ccc(F)cc1)c1sc(C#N)c(N)c1C1CC1. The molecule has 5 heteroatoms. The van der Waals surface area contributed by atoms with Crippen molar-refractivity contribution in [1.29, 1.82) is 5.26 Å². The highest BCUT2D eigenvalue weighted by atomic mass is 32.1. The Labute approximate surface area is 127 Å². The summed E-state index contributed by atoms with van der Waals surface area (Å²) in [6, 6.07) is 8.68. The average Bonchev–Trinajstić information content (AvgIpc) is 3.25. The van der Waals surface area contributed by atoms with Crippen LogP contribution in [0.1, 0.15) is 34.8 Å². The molecule has 1 fully saturated rings. The third-order valence-corrected chi connectivity index (χ3v) is 4.97. The molecule has 1 aromatic carbocycles. The van der Waals surface area contributed by atoms with Gasteiger partial charge in [-0.05, 0) is 36.5 Å². The van der Waals surface area contributed by atoms with Crippen molar-refractivity contribution in [2.24, 2.45) is 0 Å². The average molecular weight is 301 g/mol. The van der Waals surface area contributed by atoms with Gasteiger partial charge >= 0.3 is 0 Å². The predicted molar refractivity (Wildman–Crippen MR) is 83.9 cm³/mol. The summed E-state index contributed by atoms with van der Waals surface area (Å²) in [4.78, 5) is 2.70. The van der Waals surface area contributed by atoms with Crippen molar-refractivity contribution in [3.05, 3.63) is 46.1 Å². The molecule has 108 valence electrons. The van der Waals surface area contributed by atoms with E-state index in [2.05, 4.69) is 11.0 Å². The lowest BCUT2D eigenvalue weighted by molar-refractivity contribution is 0.627. The first-order chi connectivity index (χ1) is 10.1. The fraction of sp³-hybridized carbons (Fsp3) is 0.312. The first kappa shape index (κ1) is 13.9. The maximum atomic E-state index is 13.0. The van der Waals surface area contributed by atoms with Crippen LogP contribution in [0.4, 0.5) is 15.1 Å². The molecule has 0 atom stereocenters. The second kappa shape index (κ2) is 5.38. The van der Waals surface area contributed by atoms with E-state index in [-0.39, 0.29) is 5.82 Å². The highest BCUT2D eigenvalue weighted by Gasteiger charge is 2.32. The summed E-state index contributed by atoms with van der Waals surface area (Å²) in [5.74, 6) is 0.265. The summed E-state index contributed by atoms with van der Waals surface area (Å²) in [7, 11) is 1.99. The molecular formula is C16H16FN3S. The molecule has 1 saturated carbocycles. The summed E-state index contributed by atoms with van der Waals surface area (Å²) in [5.41, 5.74) is 8.92. The van der Waals surface area contributed by atoms with E-state index in [4.69, 9.17) is 5.73 Å². The molecule has 0 bridgehead atoms. The number of hydrogen-bond acceptors (Lipinski definition) is 4. The second-order valence-electron chi connectivity index (χ2n) is 5.43. The number of nitriles is 1. The van der Waals surface area contributed by atoms with Gasteiger partial charge in [-0.3, -0.25) is 0 Å². The Balaban J connectivity index is 1.89. The molecule has 0 amide bonds. The minimum atomic E-state index is -0.229. The van der Waals surface area contributed by atoms with Crippen molar-refractivity contribution in [2.75, 3.05) is 17.7 Å². The Bertz CT molecular complexity index is 696. The molecule has 1 aliphatic rings. The Kier molecular flexibility index (Phi) is 3.56. The third kappa shape index (κ3) is 2.72. The lowest BCUT2D eigenvalue weighted by atomic mass is 10.1. The van der Waals surface area contributed by atoms with E-state index in [1.54, 1.807) is 12.1 Å². The Morgan fingerprint density at radius 1 is 1.38 bits per heavy atom. The largest absolute Gasteiger partial charge is 0.397 e. The smallest absolute Gasteiger partial charge is 0.130 e. The van der Waals surface area contributed by atoms with Crippen LogP contribution in [0.25, 0.3) is 0 Å². The van der Waals surface area contributed by atoms with Crippen LogP contribution < -0.4 is 10.6 Å². The summed E-state index contributed by atoms with van der Waals surface area (Å²) >= 11 is 1.45. The van der Waals surface area contributed by atoms with Gasteiger partial charge in [0.2, 0.25) is 0 Å². The molecule has 0 unspecified atom stereocenters. The molecule has 0 spiro atoms. The van der Waals surface area contributed by atoms with Gasteiger partial charge in [-0.2, -0.15) is 5.26 Å². The Morgan fingerprint density at radius 2 is 2.05 bits per heavy atom. The lowest BCUT2D eigenvalue weighted by Crippen LogP contribution is -2.16. The first-order valence-electron chi connectivity index (χ1n) is 6.88. The monoisotopic (exact) mass is 301 g/mol. The molecule has 0 aliphatic heterocycles. The van der Waals surface area contributed by atoms with Crippen molar-refractivity contribution in [3.8, 4) is 6.07 Å². The van der Waals surface area contributed by atoms with Crippen LogP contribution in [0.15, 0.2) is 24.3 Å². The van der Waals surface area contributed by atoms with Crippen molar-refractivity contribution < 1.29 is 4.39 Å². The topological polar surface area (TPSA) is 53.0 Å². The quantitative estimate of drug-likeness (QED) is 0.933. The van der Waals surface area contributed by atoms with Crippen LogP contribution in [0, 0.1) is 17.1 Å². The molecular weight excluding hydrogens is 285 g/mol. The zero-order valence-corrected chi connectivity index (χ0v) is 12.6. The predicted octanol–water partition coefficient (Wildman–Crippen LogP) is 3.85. The minimum absolute atomic E-state index is 0.229. The van der Waals surface area contributed by atoms with Crippen molar-refractivity contribution in [3.63, 3.8) is 0 Å². The number of thiophene rings is 1. The lowest BCUT2D eigenvalue weighted by Gasteiger charge is -2.19. The Hall–Kier alpha value is -2.06. The molecule has 2 aromatic rings. The van der Waals surface area contributed by atoms with E-state index in [9.17, 15) is 9.65 Å². The molecule has 0 saturated heterocycles. The summed E-state index contributed by atoms with van der Waals surface area (Å²) in [6.07, 6.45) is 2.28. The van der Waals surface area contributed by atoms with Gasteiger partial charge in [-0.25, -0.2) is 4.39 Å². The van der Waals surface area contributed by atoms with Gasteiger partial charge in [0.25, 0.3) is 0 Å².